The van der Waals surface area contributed by atoms with Gasteiger partial charge in [0, 0.05) is 11.7 Å². The lowest BCUT2D eigenvalue weighted by Gasteiger charge is -2.12. The molecule has 2 nitrogen and oxygen atoms in total. The van der Waals surface area contributed by atoms with Crippen molar-refractivity contribution in [2.24, 2.45) is 0 Å². The Morgan fingerprint density at radius 3 is 2.85 bits per heavy atom. The Balaban J connectivity index is 2.73. The highest BCUT2D eigenvalue weighted by molar-refractivity contribution is 6.31. The van der Waals surface area contributed by atoms with Crippen LogP contribution in [0.1, 0.15) is 6.92 Å². The van der Waals surface area contributed by atoms with E-state index in [4.69, 9.17) is 16.7 Å². The van der Waals surface area contributed by atoms with Crippen molar-refractivity contribution in [1.29, 1.82) is 0 Å². The maximum atomic E-state index is 12.7. The number of hydrogen-bond acceptors (Lipinski definition) is 2. The molecule has 72 valence electrons. The maximum absolute atomic E-state index is 12.7. The summed E-state index contributed by atoms with van der Waals surface area (Å²) in [7, 11) is 0. The largest absolute Gasteiger partial charge is 0.394 e. The van der Waals surface area contributed by atoms with Gasteiger partial charge in [0.25, 0.3) is 0 Å². The molecule has 0 fully saturated rings. The van der Waals surface area contributed by atoms with Gasteiger partial charge in [0.1, 0.15) is 5.82 Å². The van der Waals surface area contributed by atoms with Gasteiger partial charge in [-0.2, -0.15) is 0 Å². The molecule has 0 spiro atoms. The summed E-state index contributed by atoms with van der Waals surface area (Å²) in [6.07, 6.45) is 0. The quantitative estimate of drug-likeness (QED) is 0.790. The van der Waals surface area contributed by atoms with Crippen LogP contribution in [0.15, 0.2) is 18.2 Å². The van der Waals surface area contributed by atoms with Crippen molar-refractivity contribution in [3.8, 4) is 0 Å². The highest BCUT2D eigenvalue weighted by Gasteiger charge is 2.03. The number of halogens is 2. The normalized spacial score (nSPS) is 12.6. The van der Waals surface area contributed by atoms with Crippen LogP contribution < -0.4 is 5.32 Å². The highest BCUT2D eigenvalue weighted by atomic mass is 35.5. The second-order valence-corrected chi connectivity index (χ2v) is 3.26. The molecule has 0 unspecified atom stereocenters. The molecule has 1 aromatic carbocycles. The molecular formula is C9H11ClFNO. The molecule has 1 rings (SSSR count). The van der Waals surface area contributed by atoms with Crippen molar-refractivity contribution in [1.82, 2.24) is 0 Å². The Bertz CT molecular complexity index is 293. The third-order valence-electron chi connectivity index (χ3n) is 1.61. The van der Waals surface area contributed by atoms with Gasteiger partial charge in [-0.1, -0.05) is 11.6 Å². The summed E-state index contributed by atoms with van der Waals surface area (Å²) in [5.41, 5.74) is 0.702. The third-order valence-corrected chi connectivity index (χ3v) is 1.90. The lowest BCUT2D eigenvalue weighted by molar-refractivity contribution is 0.281. The summed E-state index contributed by atoms with van der Waals surface area (Å²) < 4.78 is 12.7. The van der Waals surface area contributed by atoms with E-state index < -0.39 is 5.82 Å². The Kier molecular flexibility index (Phi) is 3.51. The van der Waals surface area contributed by atoms with E-state index in [0.29, 0.717) is 5.69 Å². The Morgan fingerprint density at radius 1 is 1.62 bits per heavy atom. The predicted octanol–water partition coefficient (Wildman–Crippen LogP) is 2.27. The average molecular weight is 204 g/mol. The van der Waals surface area contributed by atoms with Crippen LogP contribution in [0.4, 0.5) is 10.1 Å². The summed E-state index contributed by atoms with van der Waals surface area (Å²) in [4.78, 5) is 0. The minimum absolute atomic E-state index is 0.0228. The number of rotatable bonds is 3. The number of anilines is 1. The molecule has 0 saturated heterocycles. The van der Waals surface area contributed by atoms with Gasteiger partial charge in [-0.15, -0.1) is 0 Å². The summed E-state index contributed by atoms with van der Waals surface area (Å²) in [5.74, 6) is -0.441. The van der Waals surface area contributed by atoms with Crippen LogP contribution in [0, 0.1) is 5.82 Å². The second-order valence-electron chi connectivity index (χ2n) is 2.86. The van der Waals surface area contributed by atoms with Crippen LogP contribution in [0.2, 0.25) is 5.02 Å². The maximum Gasteiger partial charge on any atom is 0.141 e. The van der Waals surface area contributed by atoms with E-state index in [1.807, 2.05) is 6.92 Å². The number of hydrogen-bond donors (Lipinski definition) is 2. The first-order chi connectivity index (χ1) is 6.13. The van der Waals surface area contributed by atoms with Crippen LogP contribution in [0.3, 0.4) is 0 Å². The molecule has 0 heterocycles. The number of aliphatic hydroxyl groups is 1. The van der Waals surface area contributed by atoms with E-state index in [-0.39, 0.29) is 17.7 Å². The predicted molar refractivity (Wildman–Crippen MR) is 51.6 cm³/mol. The second kappa shape index (κ2) is 4.44. The van der Waals surface area contributed by atoms with Crippen molar-refractivity contribution in [2.45, 2.75) is 13.0 Å². The van der Waals surface area contributed by atoms with E-state index in [9.17, 15) is 4.39 Å². The van der Waals surface area contributed by atoms with Gasteiger partial charge in [-0.05, 0) is 25.1 Å². The molecule has 0 amide bonds. The minimum Gasteiger partial charge on any atom is -0.394 e. The van der Waals surface area contributed by atoms with Crippen LogP contribution in [0.5, 0.6) is 0 Å². The molecule has 0 radical (unpaired) electrons. The fourth-order valence-corrected chi connectivity index (χ4v) is 1.10. The molecule has 1 atom stereocenters. The first-order valence-corrected chi connectivity index (χ1v) is 4.33. The van der Waals surface area contributed by atoms with Crippen molar-refractivity contribution in [3.05, 3.63) is 29.0 Å². The standard InChI is InChI=1S/C9H11ClFNO/c1-6(5-13)12-7-2-3-9(11)8(10)4-7/h2-4,6,12-13H,5H2,1H3/t6-/m1/s1. The number of aliphatic hydroxyl groups excluding tert-OH is 1. The summed E-state index contributed by atoms with van der Waals surface area (Å²) in [6, 6.07) is 4.28. The SMILES string of the molecule is C[C@H](CO)Nc1ccc(F)c(Cl)c1. The van der Waals surface area contributed by atoms with Crippen LogP contribution in [-0.2, 0) is 0 Å². The van der Waals surface area contributed by atoms with Crippen LogP contribution in [-0.4, -0.2) is 17.8 Å². The van der Waals surface area contributed by atoms with Crippen LogP contribution >= 0.6 is 11.6 Å². The van der Waals surface area contributed by atoms with Crippen LogP contribution in [0.25, 0.3) is 0 Å². The number of nitrogens with one attached hydrogen (secondary N) is 1. The average Bonchev–Trinajstić information content (AvgIpc) is 2.11. The van der Waals surface area contributed by atoms with Crippen molar-refractivity contribution >= 4 is 17.3 Å². The van der Waals surface area contributed by atoms with Crippen molar-refractivity contribution in [2.75, 3.05) is 11.9 Å². The molecule has 0 aromatic heterocycles. The Hall–Kier alpha value is -0.800. The van der Waals surface area contributed by atoms with E-state index in [1.54, 1.807) is 6.07 Å². The van der Waals surface area contributed by atoms with E-state index >= 15 is 0 Å². The summed E-state index contributed by atoms with van der Waals surface area (Å²) in [6.45, 7) is 1.84. The van der Waals surface area contributed by atoms with Gasteiger partial charge >= 0.3 is 0 Å². The highest BCUT2D eigenvalue weighted by Crippen LogP contribution is 2.19. The lowest BCUT2D eigenvalue weighted by Crippen LogP contribution is -2.19. The Morgan fingerprint density at radius 2 is 2.31 bits per heavy atom. The molecule has 0 saturated carbocycles. The molecule has 0 aliphatic rings. The van der Waals surface area contributed by atoms with Gasteiger partial charge in [0.15, 0.2) is 0 Å². The number of benzene rings is 1. The zero-order valence-electron chi connectivity index (χ0n) is 7.22. The zero-order chi connectivity index (χ0) is 9.84. The van der Waals surface area contributed by atoms with Crippen molar-refractivity contribution < 1.29 is 9.50 Å². The van der Waals surface area contributed by atoms with Crippen molar-refractivity contribution in [3.63, 3.8) is 0 Å². The van der Waals surface area contributed by atoms with Gasteiger partial charge in [0.2, 0.25) is 0 Å². The molecule has 0 aliphatic heterocycles. The van der Waals surface area contributed by atoms with E-state index in [1.165, 1.54) is 12.1 Å². The topological polar surface area (TPSA) is 32.3 Å². The molecule has 2 N–H and O–H groups in total. The minimum atomic E-state index is -0.441. The van der Waals surface area contributed by atoms with Gasteiger partial charge in [-0.3, -0.25) is 0 Å². The molecule has 0 aliphatic carbocycles. The van der Waals surface area contributed by atoms with E-state index in [2.05, 4.69) is 5.32 Å². The molecule has 4 heteroatoms. The monoisotopic (exact) mass is 203 g/mol. The summed E-state index contributed by atoms with van der Waals surface area (Å²) in [5, 5.41) is 11.8. The molecule has 1 aromatic rings. The molecule has 13 heavy (non-hydrogen) atoms. The van der Waals surface area contributed by atoms with Gasteiger partial charge < -0.3 is 10.4 Å². The third kappa shape index (κ3) is 2.86. The lowest BCUT2D eigenvalue weighted by atomic mass is 10.2. The molecular weight excluding hydrogens is 193 g/mol. The zero-order valence-corrected chi connectivity index (χ0v) is 7.98. The molecule has 0 bridgehead atoms. The van der Waals surface area contributed by atoms with E-state index in [0.717, 1.165) is 0 Å². The van der Waals surface area contributed by atoms with Gasteiger partial charge in [-0.25, -0.2) is 4.39 Å². The Labute approximate surface area is 81.3 Å². The fraction of sp³-hybridized carbons (Fsp3) is 0.333. The smallest absolute Gasteiger partial charge is 0.141 e. The first-order valence-electron chi connectivity index (χ1n) is 3.96. The first kappa shape index (κ1) is 10.3. The van der Waals surface area contributed by atoms with Gasteiger partial charge in [0.05, 0.1) is 11.6 Å². The summed E-state index contributed by atoms with van der Waals surface area (Å²) >= 11 is 5.56. The fourth-order valence-electron chi connectivity index (χ4n) is 0.916.